The van der Waals surface area contributed by atoms with Gasteiger partial charge in [-0.25, -0.2) is 0 Å². The molecule has 9 N–H and O–H groups in total. The largest absolute Gasteiger partial charge is 0.481 e. The third kappa shape index (κ3) is 9.05. The molecule has 0 aliphatic heterocycles. The summed E-state index contributed by atoms with van der Waals surface area (Å²) in [4.78, 5) is 69.0. The molecule has 0 saturated carbocycles. The number of aliphatic hydroxyl groups excluding tert-OH is 3. The summed E-state index contributed by atoms with van der Waals surface area (Å²) in [5.41, 5.74) is -4.17. The zero-order valence-electron chi connectivity index (χ0n) is 19.3. The highest BCUT2D eigenvalue weighted by Crippen LogP contribution is 2.53. The molecule has 0 spiro atoms. The topological polar surface area (TPSA) is 284 Å². The first kappa shape index (κ1) is 32.7. The van der Waals surface area contributed by atoms with E-state index in [1.165, 1.54) is 0 Å². The molecule has 206 valence electrons. The van der Waals surface area contributed by atoms with E-state index in [2.05, 4.69) is 0 Å². The molecule has 15 heteroatoms. The van der Waals surface area contributed by atoms with E-state index in [1.54, 1.807) is 0 Å². The zero-order chi connectivity index (χ0) is 28.3. The number of aliphatic carboxylic acids is 6. The Hall–Kier alpha value is -3.30. The highest BCUT2D eigenvalue weighted by atomic mass is 16.4. The maximum absolute atomic E-state index is 11.9. The van der Waals surface area contributed by atoms with Crippen molar-refractivity contribution in [1.29, 1.82) is 0 Å². The molecule has 0 aromatic carbocycles. The van der Waals surface area contributed by atoms with E-state index in [-0.39, 0.29) is 0 Å². The molecule has 0 fully saturated rings. The van der Waals surface area contributed by atoms with Crippen LogP contribution in [0.15, 0.2) is 0 Å². The third-order valence-corrected chi connectivity index (χ3v) is 6.59. The molecule has 0 radical (unpaired) electrons. The molecule has 3 atom stereocenters. The van der Waals surface area contributed by atoms with Crippen molar-refractivity contribution in [1.82, 2.24) is 0 Å². The first-order valence-corrected chi connectivity index (χ1v) is 10.8. The first-order chi connectivity index (χ1) is 16.6. The molecule has 3 unspecified atom stereocenters. The molecule has 0 saturated heterocycles. The minimum Gasteiger partial charge on any atom is -0.481 e. The van der Waals surface area contributed by atoms with Crippen LogP contribution in [0.5, 0.6) is 0 Å². The Balaban J connectivity index is 7.02. The fourth-order valence-electron chi connectivity index (χ4n) is 4.47. The lowest BCUT2D eigenvalue weighted by Crippen LogP contribution is -2.53. The van der Waals surface area contributed by atoms with E-state index in [1.807, 2.05) is 0 Å². The van der Waals surface area contributed by atoms with E-state index in [4.69, 9.17) is 15.3 Å². The average Bonchev–Trinajstić information content (AvgIpc) is 2.75. The molecule has 0 aliphatic carbocycles. The summed E-state index contributed by atoms with van der Waals surface area (Å²) in [6, 6.07) is 0. The summed E-state index contributed by atoms with van der Waals surface area (Å²) < 4.78 is 0. The average molecular weight is 524 g/mol. The van der Waals surface area contributed by atoms with Gasteiger partial charge in [-0.3, -0.25) is 28.8 Å². The summed E-state index contributed by atoms with van der Waals surface area (Å²) in [7, 11) is 0. The zero-order valence-corrected chi connectivity index (χ0v) is 19.3. The Morgan fingerprint density at radius 3 is 1.06 bits per heavy atom. The Morgan fingerprint density at radius 2 is 0.806 bits per heavy atom. The van der Waals surface area contributed by atoms with Gasteiger partial charge < -0.3 is 46.0 Å². The number of hydrogen-bond acceptors (Lipinski definition) is 9. The summed E-state index contributed by atoms with van der Waals surface area (Å²) in [5.74, 6) is -14.7. The second kappa shape index (κ2) is 14.3. The molecular formula is C21H32O15. The van der Waals surface area contributed by atoms with Crippen LogP contribution in [0.1, 0.15) is 44.9 Å². The molecule has 0 aromatic heterocycles. The van der Waals surface area contributed by atoms with Crippen LogP contribution < -0.4 is 0 Å². The molecule has 15 nitrogen and oxygen atoms in total. The molecule has 0 bridgehead atoms. The Morgan fingerprint density at radius 1 is 0.500 bits per heavy atom. The maximum atomic E-state index is 11.9. The van der Waals surface area contributed by atoms with Crippen LogP contribution in [-0.4, -0.2) is 102 Å². The SMILES string of the molecule is O=C(O)CC(CCC(CC(CC(=O)O)C(=O)O)(CC(CC(=O)O)C(=O)O)C(CO)(CO)CO)C(=O)O. The highest BCUT2D eigenvalue weighted by Gasteiger charge is 2.54. The highest BCUT2D eigenvalue weighted by molar-refractivity contribution is 5.79. The predicted molar refractivity (Wildman–Crippen MR) is 115 cm³/mol. The number of rotatable bonds is 20. The summed E-state index contributed by atoms with van der Waals surface area (Å²) in [5, 5.41) is 86.4. The number of carboxylic acids is 6. The molecule has 0 aliphatic rings. The van der Waals surface area contributed by atoms with Crippen molar-refractivity contribution in [2.24, 2.45) is 28.6 Å². The van der Waals surface area contributed by atoms with Crippen LogP contribution in [0.25, 0.3) is 0 Å². The summed E-state index contributed by atoms with van der Waals surface area (Å²) in [6.07, 6.45) is -5.69. The van der Waals surface area contributed by atoms with Crippen molar-refractivity contribution < 1.29 is 74.7 Å². The van der Waals surface area contributed by atoms with Gasteiger partial charge >= 0.3 is 35.8 Å². The van der Waals surface area contributed by atoms with Crippen LogP contribution in [0, 0.1) is 28.6 Å². The normalized spacial score (nSPS) is 15.8. The molecular weight excluding hydrogens is 492 g/mol. The fraction of sp³-hybridized carbons (Fsp3) is 0.714. The van der Waals surface area contributed by atoms with Gasteiger partial charge in [-0.1, -0.05) is 0 Å². The van der Waals surface area contributed by atoms with Crippen LogP contribution in [0.4, 0.5) is 0 Å². The summed E-state index contributed by atoms with van der Waals surface area (Å²) >= 11 is 0. The van der Waals surface area contributed by atoms with Crippen molar-refractivity contribution in [2.45, 2.75) is 44.9 Å². The molecule has 0 amide bonds. The fourth-order valence-corrected chi connectivity index (χ4v) is 4.47. The van der Waals surface area contributed by atoms with Crippen molar-refractivity contribution >= 4 is 35.8 Å². The first-order valence-electron chi connectivity index (χ1n) is 10.8. The number of carbonyl (C=O) groups is 6. The van der Waals surface area contributed by atoms with E-state index < -0.39 is 129 Å². The van der Waals surface area contributed by atoms with Crippen LogP contribution in [-0.2, 0) is 28.8 Å². The van der Waals surface area contributed by atoms with E-state index in [0.29, 0.717) is 0 Å². The van der Waals surface area contributed by atoms with E-state index in [9.17, 15) is 59.4 Å². The Labute approximate surface area is 204 Å². The number of carboxylic acid groups (broad SMARTS) is 6. The van der Waals surface area contributed by atoms with Crippen LogP contribution >= 0.6 is 0 Å². The van der Waals surface area contributed by atoms with Gasteiger partial charge in [-0.05, 0) is 31.1 Å². The molecule has 36 heavy (non-hydrogen) atoms. The smallest absolute Gasteiger partial charge is 0.307 e. The lowest BCUT2D eigenvalue weighted by molar-refractivity contribution is -0.163. The van der Waals surface area contributed by atoms with Gasteiger partial charge in [0.05, 0.1) is 56.8 Å². The monoisotopic (exact) mass is 524 g/mol. The van der Waals surface area contributed by atoms with Gasteiger partial charge in [-0.2, -0.15) is 0 Å². The second-order valence-electron chi connectivity index (χ2n) is 8.88. The second-order valence-corrected chi connectivity index (χ2v) is 8.88. The van der Waals surface area contributed by atoms with Crippen LogP contribution in [0.3, 0.4) is 0 Å². The van der Waals surface area contributed by atoms with Gasteiger partial charge in [0.25, 0.3) is 0 Å². The minimum atomic E-state index is -2.13. The van der Waals surface area contributed by atoms with Gasteiger partial charge in [0.1, 0.15) is 0 Å². The molecule has 0 aromatic rings. The standard InChI is InChI=1S/C21H32O15/c22-8-21(9-23,10-24)20(6-12(18(33)34)4-15(27)28,7-13(19(35)36)5-16(29)30)2-1-11(17(31)32)3-14(25)26/h11-13,22-24H,1-10H2,(H,25,26)(H,27,28)(H,29,30)(H,31,32)(H,33,34)(H,35,36). The summed E-state index contributed by atoms with van der Waals surface area (Å²) in [6.45, 7) is -3.31. The molecule has 0 heterocycles. The Bertz CT molecular complexity index is 772. The maximum Gasteiger partial charge on any atom is 0.307 e. The third-order valence-electron chi connectivity index (χ3n) is 6.59. The Kier molecular flexibility index (Phi) is 13.0. The molecule has 0 rings (SSSR count). The lowest BCUT2D eigenvalue weighted by Gasteiger charge is -2.51. The van der Waals surface area contributed by atoms with Crippen molar-refractivity contribution in [2.75, 3.05) is 19.8 Å². The number of aliphatic hydroxyl groups is 3. The van der Waals surface area contributed by atoms with E-state index in [0.717, 1.165) is 0 Å². The van der Waals surface area contributed by atoms with Crippen molar-refractivity contribution in [3.63, 3.8) is 0 Å². The van der Waals surface area contributed by atoms with Crippen molar-refractivity contribution in [3.05, 3.63) is 0 Å². The number of hydrogen-bond donors (Lipinski definition) is 9. The lowest BCUT2D eigenvalue weighted by atomic mass is 9.54. The van der Waals surface area contributed by atoms with Gasteiger partial charge in [0, 0.05) is 5.41 Å². The minimum absolute atomic E-state index is 0.567. The predicted octanol–water partition coefficient (Wildman–Crippen LogP) is -0.977. The quantitative estimate of drug-likeness (QED) is 0.0925. The van der Waals surface area contributed by atoms with Gasteiger partial charge in [0.15, 0.2) is 0 Å². The van der Waals surface area contributed by atoms with Crippen molar-refractivity contribution in [3.8, 4) is 0 Å². The van der Waals surface area contributed by atoms with Crippen LogP contribution in [0.2, 0.25) is 0 Å². The van der Waals surface area contributed by atoms with Gasteiger partial charge in [0.2, 0.25) is 0 Å². The van der Waals surface area contributed by atoms with E-state index >= 15 is 0 Å². The van der Waals surface area contributed by atoms with Gasteiger partial charge in [-0.15, -0.1) is 0 Å².